The molecule has 3 N–H and O–H groups in total. The molecule has 1 aromatic heterocycles. The predicted octanol–water partition coefficient (Wildman–Crippen LogP) is 5.16. The van der Waals surface area contributed by atoms with Crippen molar-refractivity contribution in [2.45, 2.75) is 17.9 Å². The summed E-state index contributed by atoms with van der Waals surface area (Å²) in [7, 11) is 0. The second kappa shape index (κ2) is 7.57. The molecule has 4 aromatic rings. The Morgan fingerprint density at radius 2 is 1.58 bits per heavy atom. The van der Waals surface area contributed by atoms with Crippen molar-refractivity contribution in [3.05, 3.63) is 82.6 Å². The van der Waals surface area contributed by atoms with Crippen LogP contribution in [0.2, 0.25) is 0 Å². The number of nitrogens with one attached hydrogen (secondary N) is 2. The lowest BCUT2D eigenvalue weighted by atomic mass is 9.76. The molecule has 5 nitrogen and oxygen atoms in total. The van der Waals surface area contributed by atoms with Gasteiger partial charge in [-0.3, -0.25) is 4.79 Å². The number of aliphatic hydroxyl groups is 1. The normalized spacial score (nSPS) is 23.3. The third kappa shape index (κ3) is 3.35. The molecule has 33 heavy (non-hydrogen) atoms. The Morgan fingerprint density at radius 3 is 2.12 bits per heavy atom. The number of Topliss-reactive ketones (excluding diaryl/α,β-unsaturated/α-hetero) is 1. The summed E-state index contributed by atoms with van der Waals surface area (Å²) in [5.74, 6) is -2.98. The second-order valence-electron chi connectivity index (χ2n) is 7.89. The third-order valence-electron chi connectivity index (χ3n) is 5.98. The number of thiophene rings is 1. The van der Waals surface area contributed by atoms with Crippen molar-refractivity contribution in [1.82, 2.24) is 10.6 Å². The van der Waals surface area contributed by atoms with Crippen molar-refractivity contribution >= 4 is 44.7 Å². The van der Waals surface area contributed by atoms with Crippen molar-refractivity contribution in [1.29, 1.82) is 0 Å². The first-order chi connectivity index (χ1) is 15.7. The highest BCUT2D eigenvalue weighted by Gasteiger charge is 2.66. The Hall–Kier alpha value is -3.43. The summed E-state index contributed by atoms with van der Waals surface area (Å²) >= 11 is 0.973. The van der Waals surface area contributed by atoms with Gasteiger partial charge in [-0.25, -0.2) is 4.79 Å². The van der Waals surface area contributed by atoms with E-state index in [0.29, 0.717) is 16.3 Å². The van der Waals surface area contributed by atoms with Crippen LogP contribution >= 0.6 is 11.3 Å². The minimum Gasteiger partial charge on any atom is -0.363 e. The van der Waals surface area contributed by atoms with Crippen molar-refractivity contribution < 1.29 is 27.9 Å². The van der Waals surface area contributed by atoms with Gasteiger partial charge >= 0.3 is 12.2 Å². The number of ketones is 1. The van der Waals surface area contributed by atoms with E-state index >= 15 is 0 Å². The fourth-order valence-corrected chi connectivity index (χ4v) is 5.24. The van der Waals surface area contributed by atoms with Gasteiger partial charge in [-0.1, -0.05) is 54.6 Å². The first-order valence-electron chi connectivity index (χ1n) is 10.1. The monoisotopic (exact) mass is 470 g/mol. The van der Waals surface area contributed by atoms with Crippen LogP contribution in [0, 0.1) is 5.92 Å². The van der Waals surface area contributed by atoms with Crippen LogP contribution in [0.5, 0.6) is 0 Å². The Labute approximate surface area is 189 Å². The number of amides is 2. The molecule has 0 aliphatic carbocycles. The molecular weight excluding hydrogens is 453 g/mol. The summed E-state index contributed by atoms with van der Waals surface area (Å²) in [4.78, 5) is 25.9. The van der Waals surface area contributed by atoms with E-state index in [4.69, 9.17) is 0 Å². The molecule has 0 spiro atoms. The van der Waals surface area contributed by atoms with Gasteiger partial charge in [0.05, 0.1) is 10.9 Å². The van der Waals surface area contributed by atoms with Gasteiger partial charge in [-0.15, -0.1) is 11.3 Å². The highest BCUT2D eigenvalue weighted by molar-refractivity contribution is 7.12. The molecular formula is C24H17F3N2O3S. The molecule has 1 saturated heterocycles. The molecule has 2 amide bonds. The Kier molecular flexibility index (Phi) is 4.91. The molecule has 168 valence electrons. The minimum atomic E-state index is -5.30. The van der Waals surface area contributed by atoms with E-state index in [1.165, 1.54) is 6.07 Å². The molecule has 1 aliphatic rings. The average Bonchev–Trinajstić information content (AvgIpc) is 3.31. The highest BCUT2D eigenvalue weighted by atomic mass is 32.1. The summed E-state index contributed by atoms with van der Waals surface area (Å²) in [5.41, 5.74) is -3.42. The van der Waals surface area contributed by atoms with E-state index in [1.807, 2.05) is 6.07 Å². The van der Waals surface area contributed by atoms with Crippen LogP contribution in [-0.4, -0.2) is 28.8 Å². The van der Waals surface area contributed by atoms with Crippen LogP contribution in [0.1, 0.15) is 21.3 Å². The van der Waals surface area contributed by atoms with Crippen molar-refractivity contribution in [2.75, 3.05) is 0 Å². The molecule has 1 aliphatic heterocycles. The van der Waals surface area contributed by atoms with Gasteiger partial charge in [0, 0.05) is 0 Å². The topological polar surface area (TPSA) is 78.4 Å². The molecule has 2 heterocycles. The van der Waals surface area contributed by atoms with Crippen molar-refractivity contribution in [2.24, 2.45) is 5.92 Å². The summed E-state index contributed by atoms with van der Waals surface area (Å²) < 4.78 is 42.7. The first kappa shape index (κ1) is 21.4. The van der Waals surface area contributed by atoms with Gasteiger partial charge in [0.2, 0.25) is 5.72 Å². The largest absolute Gasteiger partial charge is 0.437 e. The average molecular weight is 470 g/mol. The fraction of sp³-hybridized carbons (Fsp3) is 0.167. The van der Waals surface area contributed by atoms with Crippen LogP contribution in [0.4, 0.5) is 18.0 Å². The zero-order valence-electron chi connectivity index (χ0n) is 16.9. The van der Waals surface area contributed by atoms with E-state index in [9.17, 15) is 27.9 Å². The maximum atomic E-state index is 14.2. The van der Waals surface area contributed by atoms with Gasteiger partial charge in [-0.2, -0.15) is 13.2 Å². The molecule has 0 unspecified atom stereocenters. The van der Waals surface area contributed by atoms with E-state index in [2.05, 4.69) is 5.32 Å². The quantitative estimate of drug-likeness (QED) is 0.286. The van der Waals surface area contributed by atoms with E-state index in [1.54, 1.807) is 65.3 Å². The molecule has 3 aromatic carbocycles. The lowest BCUT2D eigenvalue weighted by Crippen LogP contribution is -2.72. The standard InChI is InChI=1S/C24H17F3N2O3S/c25-24(26,27)23(32)19(21(30)17-10-5-11-33-17)20(28-22(31)29-23)18-15-8-3-1-6-13(15)12-14-7-2-4-9-16(14)18/h1-12,19-20,32H,(H2,28,29,31)/t19-,20+,23-/m0/s1. The fourth-order valence-electron chi connectivity index (χ4n) is 4.54. The number of urea groups is 1. The molecule has 1 fully saturated rings. The highest BCUT2D eigenvalue weighted by Crippen LogP contribution is 2.47. The molecule has 0 saturated carbocycles. The lowest BCUT2D eigenvalue weighted by molar-refractivity contribution is -0.287. The summed E-state index contributed by atoms with van der Waals surface area (Å²) in [6, 6.07) is 16.3. The summed E-state index contributed by atoms with van der Waals surface area (Å²) in [6.07, 6.45) is -5.30. The van der Waals surface area contributed by atoms with Crippen molar-refractivity contribution in [3.8, 4) is 0 Å². The minimum absolute atomic E-state index is 0.0511. The molecule has 0 radical (unpaired) electrons. The van der Waals surface area contributed by atoms with Crippen LogP contribution in [0.25, 0.3) is 21.5 Å². The van der Waals surface area contributed by atoms with Gasteiger partial charge in [-0.05, 0) is 44.6 Å². The van der Waals surface area contributed by atoms with E-state index in [-0.39, 0.29) is 4.88 Å². The molecule has 9 heteroatoms. The Morgan fingerprint density at radius 1 is 0.970 bits per heavy atom. The summed E-state index contributed by atoms with van der Waals surface area (Å²) in [5, 5.41) is 19.2. The summed E-state index contributed by atoms with van der Waals surface area (Å²) in [6.45, 7) is 0. The number of rotatable bonds is 3. The molecule has 3 atom stereocenters. The van der Waals surface area contributed by atoms with Crippen molar-refractivity contribution in [3.63, 3.8) is 0 Å². The van der Waals surface area contributed by atoms with Gasteiger partial charge < -0.3 is 15.7 Å². The smallest absolute Gasteiger partial charge is 0.363 e. The van der Waals surface area contributed by atoms with Crippen LogP contribution in [-0.2, 0) is 0 Å². The number of alkyl halides is 3. The van der Waals surface area contributed by atoms with Crippen LogP contribution in [0.3, 0.4) is 0 Å². The zero-order chi connectivity index (χ0) is 23.4. The van der Waals surface area contributed by atoms with E-state index in [0.717, 1.165) is 22.1 Å². The molecule has 5 rings (SSSR count). The zero-order valence-corrected chi connectivity index (χ0v) is 17.7. The number of hydrogen-bond acceptors (Lipinski definition) is 4. The number of carbonyl (C=O) groups is 2. The Balaban J connectivity index is 1.84. The second-order valence-corrected chi connectivity index (χ2v) is 8.84. The lowest BCUT2D eigenvalue weighted by Gasteiger charge is -2.45. The number of benzene rings is 3. The molecule has 0 bridgehead atoms. The Bertz CT molecular complexity index is 1330. The number of carbonyl (C=O) groups excluding carboxylic acids is 2. The van der Waals surface area contributed by atoms with Crippen LogP contribution in [0.15, 0.2) is 72.1 Å². The van der Waals surface area contributed by atoms with Crippen LogP contribution < -0.4 is 10.6 Å². The number of halogens is 3. The maximum Gasteiger partial charge on any atom is 0.437 e. The SMILES string of the molecule is O=C1N[C@H](c2c3ccccc3cc3ccccc23)[C@@H](C(=O)c2cccs2)[C@](O)(C(F)(F)F)N1. The predicted molar refractivity (Wildman–Crippen MR) is 119 cm³/mol. The maximum absolute atomic E-state index is 14.2. The van der Waals surface area contributed by atoms with E-state index < -0.39 is 35.7 Å². The number of fused-ring (bicyclic) bond motifs is 2. The number of hydrogen-bond donors (Lipinski definition) is 3. The third-order valence-corrected chi connectivity index (χ3v) is 6.86. The van der Waals surface area contributed by atoms with Gasteiger partial charge in [0.25, 0.3) is 0 Å². The van der Waals surface area contributed by atoms with Gasteiger partial charge in [0.1, 0.15) is 5.92 Å². The van der Waals surface area contributed by atoms with Gasteiger partial charge in [0.15, 0.2) is 5.78 Å². The first-order valence-corrected chi connectivity index (χ1v) is 10.9.